The van der Waals surface area contributed by atoms with Crippen LogP contribution in [0.3, 0.4) is 0 Å². The van der Waals surface area contributed by atoms with E-state index >= 15 is 0 Å². The molecule has 1 atom stereocenters. The molecule has 0 aromatic heterocycles. The maximum Gasteiger partial charge on any atom is 0.252 e. The molecule has 2 N–H and O–H groups in total. The lowest BCUT2D eigenvalue weighted by molar-refractivity contribution is -0.126. The van der Waals surface area contributed by atoms with Crippen molar-refractivity contribution < 1.29 is 14.4 Å². The quantitative estimate of drug-likeness (QED) is 0.380. The Morgan fingerprint density at radius 3 is 2.09 bits per heavy atom. The molecule has 2 amide bonds. The highest BCUT2D eigenvalue weighted by atomic mass is 32.2. The Balaban J connectivity index is 1.54. The molecule has 180 valence electrons. The predicted octanol–water partition coefficient (Wildman–Crippen LogP) is 6.39. The van der Waals surface area contributed by atoms with Gasteiger partial charge in [0.2, 0.25) is 11.0 Å². The van der Waals surface area contributed by atoms with E-state index in [2.05, 4.69) is 10.6 Å². The van der Waals surface area contributed by atoms with Gasteiger partial charge in [-0.15, -0.1) is 0 Å². The standard InChI is InChI=1S/C29H30N2O3S/c1-29(19-11-4-12-20-29)28(34)30-23-17-9-10-18-24(23)35-27(33)25(21-13-5-2-6-14-21)31-26(32)22-15-7-3-8-16-22/h2-3,5-10,13-18,25H,4,11-12,19-20H2,1H3,(H,30,34)(H,31,32)/t25-/m1/s1. The highest BCUT2D eigenvalue weighted by molar-refractivity contribution is 8.13. The van der Waals surface area contributed by atoms with Gasteiger partial charge in [0.05, 0.1) is 5.69 Å². The number of carbonyl (C=O) groups excluding carboxylic acids is 3. The lowest BCUT2D eigenvalue weighted by Gasteiger charge is -2.32. The molecular weight excluding hydrogens is 456 g/mol. The number of thioether (sulfide) groups is 1. The van der Waals surface area contributed by atoms with E-state index in [-0.39, 0.29) is 16.9 Å². The molecule has 6 heteroatoms. The summed E-state index contributed by atoms with van der Waals surface area (Å²) in [5.74, 6) is -0.324. The maximum absolute atomic E-state index is 13.5. The van der Waals surface area contributed by atoms with Crippen molar-refractivity contribution in [1.82, 2.24) is 5.32 Å². The van der Waals surface area contributed by atoms with Crippen LogP contribution in [0.1, 0.15) is 61.0 Å². The molecule has 0 aliphatic heterocycles. The molecule has 1 aliphatic rings. The number of para-hydroxylation sites is 1. The van der Waals surface area contributed by atoms with Crippen LogP contribution < -0.4 is 10.6 Å². The van der Waals surface area contributed by atoms with Crippen LogP contribution in [0.5, 0.6) is 0 Å². The first-order valence-corrected chi connectivity index (χ1v) is 12.8. The lowest BCUT2D eigenvalue weighted by Crippen LogP contribution is -2.35. The Morgan fingerprint density at radius 1 is 0.800 bits per heavy atom. The number of carbonyl (C=O) groups is 3. The fraction of sp³-hybridized carbons (Fsp3) is 0.276. The third-order valence-electron chi connectivity index (χ3n) is 6.53. The van der Waals surface area contributed by atoms with Crippen LogP contribution in [0.15, 0.2) is 89.8 Å². The van der Waals surface area contributed by atoms with E-state index < -0.39 is 11.5 Å². The average molecular weight is 487 g/mol. The summed E-state index contributed by atoms with van der Waals surface area (Å²) in [6.07, 6.45) is 5.01. The highest BCUT2D eigenvalue weighted by Crippen LogP contribution is 2.38. The number of nitrogens with one attached hydrogen (secondary N) is 2. The monoisotopic (exact) mass is 486 g/mol. The summed E-state index contributed by atoms with van der Waals surface area (Å²) < 4.78 is 0. The van der Waals surface area contributed by atoms with Crippen molar-refractivity contribution in [2.45, 2.75) is 50.0 Å². The first-order chi connectivity index (χ1) is 17.0. The molecular formula is C29H30N2O3S. The molecule has 3 aromatic carbocycles. The molecule has 1 aliphatic carbocycles. The van der Waals surface area contributed by atoms with Gasteiger partial charge >= 0.3 is 0 Å². The minimum absolute atomic E-state index is 0.00492. The van der Waals surface area contributed by atoms with E-state index in [1.807, 2.05) is 67.6 Å². The number of hydrogen-bond acceptors (Lipinski definition) is 4. The second-order valence-corrected chi connectivity index (χ2v) is 10.2. The van der Waals surface area contributed by atoms with Gasteiger partial charge < -0.3 is 10.6 Å². The number of anilines is 1. The van der Waals surface area contributed by atoms with Crippen molar-refractivity contribution in [3.63, 3.8) is 0 Å². The van der Waals surface area contributed by atoms with Gasteiger partial charge in [-0.25, -0.2) is 0 Å². The highest BCUT2D eigenvalue weighted by Gasteiger charge is 2.35. The van der Waals surface area contributed by atoms with Crippen molar-refractivity contribution in [2.75, 3.05) is 5.32 Å². The maximum atomic E-state index is 13.5. The summed E-state index contributed by atoms with van der Waals surface area (Å²) in [6, 6.07) is 24.5. The third-order valence-corrected chi connectivity index (χ3v) is 7.54. The van der Waals surface area contributed by atoms with Gasteiger partial charge in [0.25, 0.3) is 5.91 Å². The molecule has 5 nitrogen and oxygen atoms in total. The minimum Gasteiger partial charge on any atom is -0.337 e. The molecule has 0 saturated heterocycles. The van der Waals surface area contributed by atoms with Crippen molar-refractivity contribution >= 4 is 34.4 Å². The van der Waals surface area contributed by atoms with Crippen molar-refractivity contribution in [1.29, 1.82) is 0 Å². The fourth-order valence-corrected chi connectivity index (χ4v) is 5.29. The number of amides is 2. The smallest absolute Gasteiger partial charge is 0.252 e. The zero-order valence-corrected chi connectivity index (χ0v) is 20.6. The molecule has 3 aromatic rings. The van der Waals surface area contributed by atoms with Gasteiger partial charge in [-0.1, -0.05) is 86.8 Å². The fourth-order valence-electron chi connectivity index (χ4n) is 4.39. The van der Waals surface area contributed by atoms with Gasteiger partial charge in [-0.05, 0) is 54.4 Å². The molecule has 0 heterocycles. The number of hydrogen-bond donors (Lipinski definition) is 2. The Labute approximate surface area is 210 Å². The molecule has 0 spiro atoms. The van der Waals surface area contributed by atoms with Crippen LogP contribution in [-0.4, -0.2) is 16.9 Å². The van der Waals surface area contributed by atoms with E-state index in [1.54, 1.807) is 24.3 Å². The van der Waals surface area contributed by atoms with Crippen molar-refractivity contribution in [3.8, 4) is 0 Å². The summed E-state index contributed by atoms with van der Waals surface area (Å²) in [5.41, 5.74) is 1.41. The van der Waals surface area contributed by atoms with Crippen LogP contribution in [-0.2, 0) is 9.59 Å². The van der Waals surface area contributed by atoms with E-state index in [1.165, 1.54) is 6.42 Å². The molecule has 0 radical (unpaired) electrons. The first-order valence-electron chi connectivity index (χ1n) is 12.0. The van der Waals surface area contributed by atoms with Gasteiger partial charge in [-0.3, -0.25) is 14.4 Å². The van der Waals surface area contributed by atoms with Crippen molar-refractivity contribution in [2.24, 2.45) is 5.41 Å². The van der Waals surface area contributed by atoms with E-state index in [0.29, 0.717) is 21.7 Å². The summed E-state index contributed by atoms with van der Waals surface area (Å²) in [5, 5.41) is 5.73. The summed E-state index contributed by atoms with van der Waals surface area (Å²) in [4.78, 5) is 40.2. The van der Waals surface area contributed by atoms with Crippen LogP contribution in [0.25, 0.3) is 0 Å². The summed E-state index contributed by atoms with van der Waals surface area (Å²) >= 11 is 1.03. The van der Waals surface area contributed by atoms with Crippen LogP contribution in [0, 0.1) is 5.41 Å². The van der Waals surface area contributed by atoms with Crippen molar-refractivity contribution in [3.05, 3.63) is 96.1 Å². The lowest BCUT2D eigenvalue weighted by atomic mass is 9.75. The molecule has 1 fully saturated rings. The molecule has 4 rings (SSSR count). The summed E-state index contributed by atoms with van der Waals surface area (Å²) in [7, 11) is 0. The Morgan fingerprint density at radius 2 is 1.40 bits per heavy atom. The molecule has 0 bridgehead atoms. The predicted molar refractivity (Wildman–Crippen MR) is 140 cm³/mol. The van der Waals surface area contributed by atoms with E-state index in [0.717, 1.165) is 37.4 Å². The SMILES string of the molecule is CC1(C(=O)Nc2ccccc2SC(=O)[C@H](NC(=O)c2ccccc2)c2ccccc2)CCCCC1. The largest absolute Gasteiger partial charge is 0.337 e. The van der Waals surface area contributed by atoms with Crippen LogP contribution in [0.4, 0.5) is 5.69 Å². The average Bonchev–Trinajstić information content (AvgIpc) is 2.89. The van der Waals surface area contributed by atoms with Gasteiger partial charge in [0, 0.05) is 15.9 Å². The zero-order chi connectivity index (χ0) is 24.7. The second kappa shape index (κ2) is 11.4. The summed E-state index contributed by atoms with van der Waals surface area (Å²) in [6.45, 7) is 2.02. The van der Waals surface area contributed by atoms with Crippen LogP contribution in [0.2, 0.25) is 0 Å². The minimum atomic E-state index is -0.839. The number of rotatable bonds is 7. The van der Waals surface area contributed by atoms with Crippen LogP contribution >= 0.6 is 11.8 Å². The van der Waals surface area contributed by atoms with E-state index in [4.69, 9.17) is 0 Å². The first kappa shape index (κ1) is 24.7. The molecule has 0 unspecified atom stereocenters. The second-order valence-electron chi connectivity index (χ2n) is 9.18. The molecule has 1 saturated carbocycles. The zero-order valence-electron chi connectivity index (χ0n) is 19.8. The molecule has 35 heavy (non-hydrogen) atoms. The number of benzene rings is 3. The topological polar surface area (TPSA) is 75.3 Å². The third kappa shape index (κ3) is 6.20. The van der Waals surface area contributed by atoms with Gasteiger partial charge in [0.15, 0.2) is 0 Å². The van der Waals surface area contributed by atoms with E-state index in [9.17, 15) is 14.4 Å². The Bertz CT molecular complexity index is 1170. The Hall–Kier alpha value is -3.38. The van der Waals surface area contributed by atoms with Gasteiger partial charge in [0.1, 0.15) is 6.04 Å². The Kier molecular flexibility index (Phi) is 8.03. The normalized spacial score (nSPS) is 15.6. The van der Waals surface area contributed by atoms with Gasteiger partial charge in [-0.2, -0.15) is 0 Å².